The largest absolute Gasteiger partial charge is 0.457 e. The van der Waals surface area contributed by atoms with Crippen molar-refractivity contribution in [2.24, 2.45) is 0 Å². The van der Waals surface area contributed by atoms with E-state index >= 15 is 0 Å². The summed E-state index contributed by atoms with van der Waals surface area (Å²) in [5, 5.41) is 0. The SMILES string of the molecule is COC1CCCCC([Si]O[Si])CC1. The molecule has 1 rings (SSSR count). The van der Waals surface area contributed by atoms with Crippen molar-refractivity contribution < 1.29 is 8.85 Å². The highest BCUT2D eigenvalue weighted by atomic mass is 28.3. The van der Waals surface area contributed by atoms with Crippen molar-refractivity contribution >= 4 is 20.2 Å². The molecule has 0 bridgehead atoms. The molecule has 1 fully saturated rings. The van der Waals surface area contributed by atoms with Crippen LogP contribution < -0.4 is 0 Å². The van der Waals surface area contributed by atoms with Crippen LogP contribution in [0.1, 0.15) is 38.5 Å². The van der Waals surface area contributed by atoms with E-state index in [1.165, 1.54) is 38.5 Å². The predicted octanol–water partition coefficient (Wildman–Crippen LogP) is 1.86. The summed E-state index contributed by atoms with van der Waals surface area (Å²) < 4.78 is 10.4. The zero-order chi connectivity index (χ0) is 9.52. The summed E-state index contributed by atoms with van der Waals surface area (Å²) in [6.45, 7) is 0. The molecular weight excluding hydrogens is 196 g/mol. The topological polar surface area (TPSA) is 18.5 Å². The Bertz CT molecular complexity index is 133. The molecular formula is C9H17O2Si2. The Morgan fingerprint density at radius 3 is 2.62 bits per heavy atom. The van der Waals surface area contributed by atoms with Crippen molar-refractivity contribution in [2.45, 2.75) is 50.2 Å². The maximum atomic E-state index is 5.40. The molecule has 0 aliphatic heterocycles. The number of rotatable bonds is 3. The van der Waals surface area contributed by atoms with Gasteiger partial charge >= 0.3 is 0 Å². The van der Waals surface area contributed by atoms with Crippen LogP contribution in [0.5, 0.6) is 0 Å². The monoisotopic (exact) mass is 213 g/mol. The molecule has 1 saturated carbocycles. The lowest BCUT2D eigenvalue weighted by molar-refractivity contribution is 0.0794. The summed E-state index contributed by atoms with van der Waals surface area (Å²) >= 11 is 0. The molecule has 2 unspecified atom stereocenters. The van der Waals surface area contributed by atoms with Gasteiger partial charge in [-0.05, 0) is 24.8 Å². The maximum absolute atomic E-state index is 5.40. The van der Waals surface area contributed by atoms with Crippen LogP contribution in [0.4, 0.5) is 0 Å². The zero-order valence-electron chi connectivity index (χ0n) is 8.21. The Balaban J connectivity index is 2.27. The van der Waals surface area contributed by atoms with Gasteiger partial charge in [-0.3, -0.25) is 0 Å². The van der Waals surface area contributed by atoms with Gasteiger partial charge in [-0.2, -0.15) is 0 Å². The smallest absolute Gasteiger partial charge is 0.229 e. The average molecular weight is 213 g/mol. The lowest BCUT2D eigenvalue weighted by Gasteiger charge is -2.22. The van der Waals surface area contributed by atoms with E-state index in [-0.39, 0.29) is 0 Å². The molecule has 2 atom stereocenters. The van der Waals surface area contributed by atoms with Gasteiger partial charge < -0.3 is 8.85 Å². The van der Waals surface area contributed by atoms with E-state index in [0.717, 1.165) is 5.54 Å². The van der Waals surface area contributed by atoms with Crippen molar-refractivity contribution in [1.29, 1.82) is 0 Å². The highest BCUT2D eigenvalue weighted by Gasteiger charge is 2.17. The van der Waals surface area contributed by atoms with Gasteiger partial charge in [-0.25, -0.2) is 0 Å². The maximum Gasteiger partial charge on any atom is 0.229 e. The number of methoxy groups -OCH3 is 1. The average Bonchev–Trinajstić information content (AvgIpc) is 2.11. The first-order valence-electron chi connectivity index (χ1n) is 4.97. The highest BCUT2D eigenvalue weighted by molar-refractivity contribution is 6.36. The normalized spacial score (nSPS) is 30.9. The highest BCUT2D eigenvalue weighted by Crippen LogP contribution is 2.27. The lowest BCUT2D eigenvalue weighted by Crippen LogP contribution is -2.17. The van der Waals surface area contributed by atoms with Crippen LogP contribution >= 0.6 is 0 Å². The van der Waals surface area contributed by atoms with Crippen molar-refractivity contribution in [3.63, 3.8) is 0 Å². The first-order chi connectivity index (χ1) is 6.36. The third-order valence-electron chi connectivity index (χ3n) is 2.72. The van der Waals surface area contributed by atoms with Crippen LogP contribution in [0, 0.1) is 0 Å². The molecule has 73 valence electrons. The summed E-state index contributed by atoms with van der Waals surface area (Å²) in [4.78, 5) is 0. The summed E-state index contributed by atoms with van der Waals surface area (Å²) in [5.41, 5.74) is 0.746. The number of hydrogen-bond donors (Lipinski definition) is 0. The van der Waals surface area contributed by atoms with Gasteiger partial charge in [-0.1, -0.05) is 19.3 Å². The quantitative estimate of drug-likeness (QED) is 0.666. The summed E-state index contributed by atoms with van der Waals surface area (Å²) in [6, 6.07) is 0. The first-order valence-corrected chi connectivity index (χ1v) is 6.37. The number of ether oxygens (including phenoxy) is 1. The predicted molar refractivity (Wildman–Crippen MR) is 54.8 cm³/mol. The van der Waals surface area contributed by atoms with E-state index in [2.05, 4.69) is 10.5 Å². The Morgan fingerprint density at radius 2 is 1.92 bits per heavy atom. The molecule has 0 aromatic heterocycles. The molecule has 13 heavy (non-hydrogen) atoms. The second-order valence-electron chi connectivity index (χ2n) is 3.64. The van der Waals surface area contributed by atoms with Crippen LogP contribution in [0.3, 0.4) is 0 Å². The van der Waals surface area contributed by atoms with Crippen LogP contribution in [-0.2, 0) is 8.85 Å². The molecule has 0 aromatic rings. The fourth-order valence-electron chi connectivity index (χ4n) is 1.88. The van der Waals surface area contributed by atoms with Gasteiger partial charge in [-0.15, -0.1) is 0 Å². The lowest BCUT2D eigenvalue weighted by atomic mass is 9.98. The molecule has 0 spiro atoms. The van der Waals surface area contributed by atoms with Crippen molar-refractivity contribution in [3.05, 3.63) is 0 Å². The van der Waals surface area contributed by atoms with Gasteiger partial charge in [0, 0.05) is 7.11 Å². The summed E-state index contributed by atoms with van der Waals surface area (Å²) in [7, 11) is 5.52. The van der Waals surface area contributed by atoms with E-state index in [4.69, 9.17) is 8.85 Å². The van der Waals surface area contributed by atoms with E-state index < -0.39 is 0 Å². The van der Waals surface area contributed by atoms with Gasteiger partial charge in [0.25, 0.3) is 0 Å². The van der Waals surface area contributed by atoms with E-state index in [9.17, 15) is 0 Å². The first kappa shape index (κ1) is 11.4. The Kier molecular flexibility index (Phi) is 5.94. The molecule has 5 radical (unpaired) electrons. The molecule has 0 N–H and O–H groups in total. The minimum absolute atomic E-state index is 0.488. The molecule has 4 heteroatoms. The van der Waals surface area contributed by atoms with Crippen molar-refractivity contribution in [2.75, 3.05) is 7.11 Å². The molecule has 1 aliphatic carbocycles. The zero-order valence-corrected chi connectivity index (χ0v) is 10.2. The Hall–Kier alpha value is 0.354. The van der Waals surface area contributed by atoms with E-state index in [1.807, 2.05) is 7.11 Å². The standard InChI is InChI=1S/C9H17O2Si2/c1-10-8-4-2-3-5-9(7-6-8)13-11-12/h8-9H,2-7H2,1H3. The fourth-order valence-corrected chi connectivity index (χ4v) is 3.15. The van der Waals surface area contributed by atoms with Gasteiger partial charge in [0.1, 0.15) is 0 Å². The van der Waals surface area contributed by atoms with Gasteiger partial charge in [0.2, 0.25) is 20.2 Å². The molecule has 1 aliphatic rings. The third-order valence-corrected chi connectivity index (χ3v) is 4.11. The van der Waals surface area contributed by atoms with Gasteiger partial charge in [0.05, 0.1) is 6.10 Å². The molecule has 2 nitrogen and oxygen atoms in total. The minimum atomic E-state index is 0.488. The Morgan fingerprint density at radius 1 is 1.15 bits per heavy atom. The molecule has 0 saturated heterocycles. The summed E-state index contributed by atoms with van der Waals surface area (Å²) in [6.07, 6.45) is 8.13. The Labute approximate surface area is 86.9 Å². The van der Waals surface area contributed by atoms with Crippen LogP contribution in [0.25, 0.3) is 0 Å². The van der Waals surface area contributed by atoms with Crippen molar-refractivity contribution in [1.82, 2.24) is 0 Å². The van der Waals surface area contributed by atoms with Crippen molar-refractivity contribution in [3.8, 4) is 0 Å². The van der Waals surface area contributed by atoms with Crippen LogP contribution in [-0.4, -0.2) is 33.5 Å². The van der Waals surface area contributed by atoms with E-state index in [1.54, 1.807) is 0 Å². The summed E-state index contributed by atoms with van der Waals surface area (Å²) in [5.74, 6) is 0. The fraction of sp³-hybridized carbons (Fsp3) is 1.00. The second-order valence-corrected chi connectivity index (χ2v) is 5.51. The third kappa shape index (κ3) is 4.40. The molecule has 0 amide bonds. The van der Waals surface area contributed by atoms with E-state index in [0.29, 0.717) is 15.9 Å². The van der Waals surface area contributed by atoms with Gasteiger partial charge in [0.15, 0.2) is 0 Å². The number of hydrogen-bond acceptors (Lipinski definition) is 2. The minimum Gasteiger partial charge on any atom is -0.457 e. The second kappa shape index (κ2) is 6.76. The molecule has 0 heterocycles. The van der Waals surface area contributed by atoms with Crippen LogP contribution in [0.15, 0.2) is 0 Å². The molecule has 0 aromatic carbocycles. The van der Waals surface area contributed by atoms with Crippen LogP contribution in [0.2, 0.25) is 5.54 Å².